The predicted octanol–water partition coefficient (Wildman–Crippen LogP) is 3.73. The number of methoxy groups -OCH3 is 2. The Balaban J connectivity index is 2.13. The number of hydrogen-bond acceptors (Lipinski definition) is 6. The quantitative estimate of drug-likeness (QED) is 0.369. The second-order valence-corrected chi connectivity index (χ2v) is 8.21. The van der Waals surface area contributed by atoms with E-state index in [2.05, 4.69) is 0 Å². The molecule has 1 amide bonds. The fourth-order valence-corrected chi connectivity index (χ4v) is 3.93. The summed E-state index contributed by atoms with van der Waals surface area (Å²) >= 11 is 5.96. The minimum atomic E-state index is -0.757. The molecule has 7 nitrogen and oxygen atoms in total. The number of ketones is 1. The summed E-state index contributed by atoms with van der Waals surface area (Å²) in [7, 11) is 6.94. The van der Waals surface area contributed by atoms with E-state index in [0.29, 0.717) is 40.6 Å². The molecule has 2 aromatic rings. The molecule has 1 aliphatic heterocycles. The molecule has 0 radical (unpaired) electrons. The maximum Gasteiger partial charge on any atom is 0.295 e. The van der Waals surface area contributed by atoms with Crippen LogP contribution in [0, 0.1) is 0 Å². The summed E-state index contributed by atoms with van der Waals surface area (Å²) in [5.41, 5.74) is 1.09. The number of likely N-dealkylation sites (tertiary alicyclic amines) is 1. The van der Waals surface area contributed by atoms with Gasteiger partial charge in [-0.15, -0.1) is 0 Å². The van der Waals surface area contributed by atoms with Crippen molar-refractivity contribution in [2.24, 2.45) is 0 Å². The summed E-state index contributed by atoms with van der Waals surface area (Å²) in [6.07, 6.45) is 0.671. The van der Waals surface area contributed by atoms with Crippen LogP contribution in [0.25, 0.3) is 5.76 Å². The fourth-order valence-electron chi connectivity index (χ4n) is 3.80. The zero-order valence-corrected chi connectivity index (χ0v) is 19.3. The second kappa shape index (κ2) is 10.1. The number of hydrogen-bond donors (Lipinski definition) is 1. The van der Waals surface area contributed by atoms with Gasteiger partial charge in [0.05, 0.1) is 25.8 Å². The number of Topliss-reactive ketones (excluding diaryl/α,β-unsaturated/α-hetero) is 1. The van der Waals surface area contributed by atoms with Crippen LogP contribution in [-0.2, 0) is 9.59 Å². The third-order valence-corrected chi connectivity index (χ3v) is 5.64. The molecule has 32 heavy (non-hydrogen) atoms. The number of rotatable bonds is 8. The molecule has 1 N–H and O–H groups in total. The van der Waals surface area contributed by atoms with E-state index in [-0.39, 0.29) is 11.3 Å². The Labute approximate surface area is 192 Å². The summed E-state index contributed by atoms with van der Waals surface area (Å²) in [4.78, 5) is 29.6. The number of amides is 1. The molecule has 0 aromatic heterocycles. The Morgan fingerprint density at radius 3 is 2.31 bits per heavy atom. The van der Waals surface area contributed by atoms with Crippen LogP contribution < -0.4 is 9.47 Å². The minimum Gasteiger partial charge on any atom is -0.507 e. The molecule has 0 unspecified atom stereocenters. The second-order valence-electron chi connectivity index (χ2n) is 7.77. The molecule has 170 valence electrons. The lowest BCUT2D eigenvalue weighted by molar-refractivity contribution is -0.139. The minimum absolute atomic E-state index is 0.0365. The molecule has 8 heteroatoms. The molecule has 0 aliphatic carbocycles. The van der Waals surface area contributed by atoms with Crippen LogP contribution in [0.4, 0.5) is 0 Å². The first-order chi connectivity index (χ1) is 15.3. The van der Waals surface area contributed by atoms with Gasteiger partial charge in [0.2, 0.25) is 0 Å². The van der Waals surface area contributed by atoms with E-state index in [1.54, 1.807) is 42.5 Å². The summed E-state index contributed by atoms with van der Waals surface area (Å²) < 4.78 is 10.7. The van der Waals surface area contributed by atoms with Gasteiger partial charge in [-0.3, -0.25) is 9.59 Å². The predicted molar refractivity (Wildman–Crippen MR) is 123 cm³/mol. The van der Waals surface area contributed by atoms with Gasteiger partial charge in [0.1, 0.15) is 5.76 Å². The number of nitrogens with zero attached hydrogens (tertiary/aromatic N) is 2. The van der Waals surface area contributed by atoms with Crippen molar-refractivity contribution in [3.05, 3.63) is 64.2 Å². The average molecular weight is 459 g/mol. The Bertz CT molecular complexity index is 1030. The van der Waals surface area contributed by atoms with Crippen molar-refractivity contribution < 1.29 is 24.2 Å². The highest BCUT2D eigenvalue weighted by atomic mass is 35.5. The first-order valence-corrected chi connectivity index (χ1v) is 10.6. The standard InChI is InChI=1S/C24H27ClN2O5/c1-26(2)12-5-13-27-21(16-8-11-18(31-3)19(14-16)32-4)20(23(29)24(27)30)22(28)15-6-9-17(25)10-7-15/h6-11,14,21,28H,5,12-13H2,1-4H3/t21-/m0/s1. The summed E-state index contributed by atoms with van der Waals surface area (Å²) in [5, 5.41) is 11.6. The molecular weight excluding hydrogens is 432 g/mol. The third kappa shape index (κ3) is 4.74. The number of carbonyl (C=O) groups is 2. The molecule has 1 atom stereocenters. The zero-order chi connectivity index (χ0) is 23.4. The van der Waals surface area contributed by atoms with E-state index in [1.165, 1.54) is 19.1 Å². The van der Waals surface area contributed by atoms with Crippen molar-refractivity contribution in [3.8, 4) is 11.5 Å². The Morgan fingerprint density at radius 1 is 1.06 bits per heavy atom. The molecule has 1 aliphatic rings. The van der Waals surface area contributed by atoms with E-state index in [9.17, 15) is 14.7 Å². The molecule has 3 rings (SSSR count). The van der Waals surface area contributed by atoms with Crippen LogP contribution in [0.15, 0.2) is 48.0 Å². The lowest BCUT2D eigenvalue weighted by Crippen LogP contribution is -2.32. The summed E-state index contributed by atoms with van der Waals surface area (Å²) in [5.74, 6) is -0.607. The van der Waals surface area contributed by atoms with E-state index >= 15 is 0 Å². The van der Waals surface area contributed by atoms with Crippen molar-refractivity contribution in [3.63, 3.8) is 0 Å². The first kappa shape index (κ1) is 23.6. The van der Waals surface area contributed by atoms with E-state index < -0.39 is 17.7 Å². The molecule has 1 saturated heterocycles. The van der Waals surface area contributed by atoms with Gasteiger partial charge in [-0.2, -0.15) is 0 Å². The van der Waals surface area contributed by atoms with Crippen LogP contribution >= 0.6 is 11.6 Å². The van der Waals surface area contributed by atoms with Gasteiger partial charge in [-0.05, 0) is 69.0 Å². The van der Waals surface area contributed by atoms with Gasteiger partial charge in [0, 0.05) is 17.1 Å². The smallest absolute Gasteiger partial charge is 0.295 e. The number of benzene rings is 2. The lowest BCUT2D eigenvalue weighted by atomic mass is 9.95. The van der Waals surface area contributed by atoms with Crippen LogP contribution in [0.2, 0.25) is 5.02 Å². The van der Waals surface area contributed by atoms with Gasteiger partial charge in [0.15, 0.2) is 11.5 Å². The van der Waals surface area contributed by atoms with E-state index in [4.69, 9.17) is 21.1 Å². The number of aliphatic hydroxyl groups is 1. The summed E-state index contributed by atoms with van der Waals surface area (Å²) in [6, 6.07) is 10.9. The number of ether oxygens (including phenoxy) is 2. The molecule has 2 aromatic carbocycles. The lowest BCUT2D eigenvalue weighted by Gasteiger charge is -2.26. The molecular formula is C24H27ClN2O5. The molecule has 0 saturated carbocycles. The molecule has 1 heterocycles. The van der Waals surface area contributed by atoms with Gasteiger partial charge in [0.25, 0.3) is 11.7 Å². The van der Waals surface area contributed by atoms with Crippen molar-refractivity contribution >= 4 is 29.1 Å². The largest absolute Gasteiger partial charge is 0.507 e. The summed E-state index contributed by atoms with van der Waals surface area (Å²) in [6.45, 7) is 1.11. The third-order valence-electron chi connectivity index (χ3n) is 5.39. The Morgan fingerprint density at radius 2 is 1.72 bits per heavy atom. The van der Waals surface area contributed by atoms with Crippen molar-refractivity contribution in [1.29, 1.82) is 0 Å². The Kier molecular flexibility index (Phi) is 7.43. The van der Waals surface area contributed by atoms with E-state index in [1.807, 2.05) is 19.0 Å². The normalized spacial score (nSPS) is 17.8. The topological polar surface area (TPSA) is 79.3 Å². The van der Waals surface area contributed by atoms with Gasteiger partial charge < -0.3 is 24.4 Å². The zero-order valence-electron chi connectivity index (χ0n) is 18.6. The number of halogens is 1. The molecule has 1 fully saturated rings. The van der Waals surface area contributed by atoms with Gasteiger partial charge in [-0.1, -0.05) is 17.7 Å². The molecule has 0 bridgehead atoms. The van der Waals surface area contributed by atoms with Crippen LogP contribution in [0.1, 0.15) is 23.6 Å². The van der Waals surface area contributed by atoms with Crippen molar-refractivity contribution in [2.75, 3.05) is 41.4 Å². The highest BCUT2D eigenvalue weighted by Gasteiger charge is 2.46. The maximum atomic E-state index is 13.1. The highest BCUT2D eigenvalue weighted by Crippen LogP contribution is 2.42. The average Bonchev–Trinajstić information content (AvgIpc) is 3.03. The molecule has 0 spiro atoms. The number of carbonyl (C=O) groups excluding carboxylic acids is 2. The van der Waals surface area contributed by atoms with Crippen LogP contribution in [0.5, 0.6) is 11.5 Å². The SMILES string of the molecule is COc1ccc([C@H]2C(=C(O)c3ccc(Cl)cc3)C(=O)C(=O)N2CCCN(C)C)cc1OC. The number of aliphatic hydroxyl groups excluding tert-OH is 1. The van der Waals surface area contributed by atoms with Crippen LogP contribution in [-0.4, -0.2) is 68.0 Å². The monoisotopic (exact) mass is 458 g/mol. The Hall–Kier alpha value is -3.03. The van der Waals surface area contributed by atoms with Crippen LogP contribution in [0.3, 0.4) is 0 Å². The van der Waals surface area contributed by atoms with Crippen molar-refractivity contribution in [1.82, 2.24) is 9.80 Å². The fraction of sp³-hybridized carbons (Fsp3) is 0.333. The van der Waals surface area contributed by atoms with Gasteiger partial charge >= 0.3 is 0 Å². The highest BCUT2D eigenvalue weighted by molar-refractivity contribution is 6.46. The van der Waals surface area contributed by atoms with Gasteiger partial charge in [-0.25, -0.2) is 0 Å². The first-order valence-electron chi connectivity index (χ1n) is 10.2. The maximum absolute atomic E-state index is 13.1. The van der Waals surface area contributed by atoms with E-state index in [0.717, 1.165) is 6.54 Å². The van der Waals surface area contributed by atoms with Crippen molar-refractivity contribution in [2.45, 2.75) is 12.5 Å².